The molecule has 1 amide bonds. The molecule has 0 bridgehead atoms. The molecule has 19 heavy (non-hydrogen) atoms. The number of amides is 1. The second-order valence-corrected chi connectivity index (χ2v) is 5.81. The third kappa shape index (κ3) is 2.39. The number of carbonyl (C=O) groups excluding carboxylic acids is 1. The van der Waals surface area contributed by atoms with Gasteiger partial charge in [-0.15, -0.1) is 0 Å². The molecule has 1 atom stereocenters. The summed E-state index contributed by atoms with van der Waals surface area (Å²) in [5.74, 6) is 0.815. The van der Waals surface area contributed by atoms with E-state index in [0.717, 1.165) is 42.5 Å². The molecule has 3 rings (SSSR count). The van der Waals surface area contributed by atoms with Gasteiger partial charge >= 0.3 is 0 Å². The molecule has 0 radical (unpaired) electrons. The Bertz CT molecular complexity index is 512. The van der Waals surface area contributed by atoms with Gasteiger partial charge in [0, 0.05) is 25.2 Å². The van der Waals surface area contributed by atoms with E-state index in [1.54, 1.807) is 0 Å². The van der Waals surface area contributed by atoms with Crippen molar-refractivity contribution in [2.24, 2.45) is 5.92 Å². The largest absolute Gasteiger partial charge is 0.397 e. The summed E-state index contributed by atoms with van der Waals surface area (Å²) in [6.07, 6.45) is 3.93. The number of benzene rings is 1. The van der Waals surface area contributed by atoms with Gasteiger partial charge in [0.05, 0.1) is 11.4 Å². The Hall–Kier alpha value is -1.71. The summed E-state index contributed by atoms with van der Waals surface area (Å²) in [7, 11) is 0. The molecular formula is C15H21N3O. The fraction of sp³-hybridized carbons (Fsp3) is 0.533. The molecule has 2 heterocycles. The number of rotatable bonds is 1. The third-order valence-corrected chi connectivity index (χ3v) is 4.15. The van der Waals surface area contributed by atoms with Gasteiger partial charge in [-0.2, -0.15) is 0 Å². The first kappa shape index (κ1) is 12.3. The number of nitrogen functional groups attached to an aromatic ring is 1. The van der Waals surface area contributed by atoms with Crippen LogP contribution in [0.2, 0.25) is 0 Å². The highest BCUT2D eigenvalue weighted by Crippen LogP contribution is 2.35. The predicted octanol–water partition coefficient (Wildman–Crippen LogP) is 2.39. The molecule has 1 aromatic carbocycles. The minimum Gasteiger partial charge on any atom is -0.397 e. The van der Waals surface area contributed by atoms with Crippen molar-refractivity contribution in [3.63, 3.8) is 0 Å². The van der Waals surface area contributed by atoms with Crippen molar-refractivity contribution in [2.45, 2.75) is 32.6 Å². The summed E-state index contributed by atoms with van der Waals surface area (Å²) < 4.78 is 0. The van der Waals surface area contributed by atoms with Crippen molar-refractivity contribution in [1.82, 2.24) is 0 Å². The Morgan fingerprint density at radius 2 is 2.21 bits per heavy atom. The Morgan fingerprint density at radius 3 is 3.00 bits per heavy atom. The molecule has 0 saturated carbocycles. The maximum atomic E-state index is 11.4. The van der Waals surface area contributed by atoms with Crippen molar-refractivity contribution < 1.29 is 4.79 Å². The van der Waals surface area contributed by atoms with Crippen molar-refractivity contribution in [3.05, 3.63) is 17.7 Å². The molecule has 4 nitrogen and oxygen atoms in total. The first-order valence-corrected chi connectivity index (χ1v) is 7.10. The van der Waals surface area contributed by atoms with Crippen LogP contribution in [0.15, 0.2) is 12.1 Å². The average molecular weight is 259 g/mol. The minimum atomic E-state index is 0.0891. The fourth-order valence-corrected chi connectivity index (χ4v) is 3.11. The quantitative estimate of drug-likeness (QED) is 0.761. The third-order valence-electron chi connectivity index (χ3n) is 4.15. The van der Waals surface area contributed by atoms with E-state index >= 15 is 0 Å². The highest BCUT2D eigenvalue weighted by molar-refractivity contribution is 5.95. The van der Waals surface area contributed by atoms with Crippen LogP contribution >= 0.6 is 0 Å². The molecule has 1 saturated heterocycles. The van der Waals surface area contributed by atoms with Crippen molar-refractivity contribution >= 4 is 23.0 Å². The molecule has 2 aliphatic heterocycles. The lowest BCUT2D eigenvalue weighted by molar-refractivity contribution is -0.116. The van der Waals surface area contributed by atoms with E-state index in [1.165, 1.54) is 18.4 Å². The van der Waals surface area contributed by atoms with E-state index in [4.69, 9.17) is 5.73 Å². The van der Waals surface area contributed by atoms with Gasteiger partial charge in [-0.05, 0) is 42.9 Å². The van der Waals surface area contributed by atoms with Gasteiger partial charge in [0.25, 0.3) is 0 Å². The summed E-state index contributed by atoms with van der Waals surface area (Å²) >= 11 is 0. The Morgan fingerprint density at radius 1 is 1.37 bits per heavy atom. The SMILES string of the molecule is CC1CCCN(c2cc3c(cc2N)NC(=O)CC3)C1. The number of hydrogen-bond acceptors (Lipinski definition) is 3. The number of nitrogens with zero attached hydrogens (tertiary/aromatic N) is 1. The minimum absolute atomic E-state index is 0.0891. The molecule has 1 unspecified atom stereocenters. The molecule has 1 fully saturated rings. The standard InChI is InChI=1S/C15H21N3O/c1-10-3-2-6-18(9-10)14-7-11-4-5-15(19)17-13(11)8-12(14)16/h7-8,10H,2-6,9,16H2,1H3,(H,17,19). The van der Waals surface area contributed by atoms with Crippen LogP contribution < -0.4 is 16.0 Å². The molecule has 4 heteroatoms. The van der Waals surface area contributed by atoms with Crippen LogP contribution in [0.3, 0.4) is 0 Å². The van der Waals surface area contributed by atoms with Crippen molar-refractivity contribution in [3.8, 4) is 0 Å². The number of piperidine rings is 1. The van der Waals surface area contributed by atoms with Gasteiger partial charge in [0.2, 0.25) is 5.91 Å². The van der Waals surface area contributed by atoms with Gasteiger partial charge in [0.1, 0.15) is 0 Å². The number of aryl methyl sites for hydroxylation is 1. The molecule has 0 spiro atoms. The van der Waals surface area contributed by atoms with Crippen LogP contribution in [0.1, 0.15) is 31.7 Å². The number of anilines is 3. The molecule has 0 aliphatic carbocycles. The zero-order chi connectivity index (χ0) is 13.4. The van der Waals surface area contributed by atoms with Gasteiger partial charge in [-0.3, -0.25) is 4.79 Å². The van der Waals surface area contributed by atoms with E-state index in [9.17, 15) is 4.79 Å². The fourth-order valence-electron chi connectivity index (χ4n) is 3.11. The maximum Gasteiger partial charge on any atom is 0.224 e. The Kier molecular flexibility index (Phi) is 3.09. The van der Waals surface area contributed by atoms with Crippen LogP contribution in [-0.4, -0.2) is 19.0 Å². The molecular weight excluding hydrogens is 238 g/mol. The number of nitrogens with one attached hydrogen (secondary N) is 1. The molecule has 0 aromatic heterocycles. The van der Waals surface area contributed by atoms with E-state index < -0.39 is 0 Å². The molecule has 3 N–H and O–H groups in total. The summed E-state index contributed by atoms with van der Waals surface area (Å²) in [5, 5.41) is 2.90. The van der Waals surface area contributed by atoms with Crippen molar-refractivity contribution in [1.29, 1.82) is 0 Å². The van der Waals surface area contributed by atoms with Gasteiger partial charge in [-0.25, -0.2) is 0 Å². The number of hydrogen-bond donors (Lipinski definition) is 2. The second kappa shape index (κ2) is 4.76. The lowest BCUT2D eigenvalue weighted by Crippen LogP contribution is -2.35. The Labute approximate surface area is 114 Å². The maximum absolute atomic E-state index is 11.4. The zero-order valence-corrected chi connectivity index (χ0v) is 11.4. The van der Waals surface area contributed by atoms with Crippen LogP contribution in [-0.2, 0) is 11.2 Å². The van der Waals surface area contributed by atoms with Gasteiger partial charge in [-0.1, -0.05) is 6.92 Å². The molecule has 1 aromatic rings. The summed E-state index contributed by atoms with van der Waals surface area (Å²) in [6.45, 7) is 4.45. The number of carbonyl (C=O) groups is 1. The van der Waals surface area contributed by atoms with E-state index in [0.29, 0.717) is 6.42 Å². The highest BCUT2D eigenvalue weighted by Gasteiger charge is 2.22. The van der Waals surface area contributed by atoms with E-state index in [2.05, 4.69) is 23.2 Å². The highest BCUT2D eigenvalue weighted by atomic mass is 16.1. The smallest absolute Gasteiger partial charge is 0.224 e. The summed E-state index contributed by atoms with van der Waals surface area (Å²) in [4.78, 5) is 13.8. The van der Waals surface area contributed by atoms with Gasteiger partial charge < -0.3 is 16.0 Å². The lowest BCUT2D eigenvalue weighted by Gasteiger charge is -2.34. The predicted molar refractivity (Wildman–Crippen MR) is 78.4 cm³/mol. The number of fused-ring (bicyclic) bond motifs is 1. The van der Waals surface area contributed by atoms with Crippen LogP contribution in [0.5, 0.6) is 0 Å². The normalized spacial score (nSPS) is 22.9. The summed E-state index contributed by atoms with van der Waals surface area (Å²) in [6, 6.07) is 4.09. The van der Waals surface area contributed by atoms with E-state index in [-0.39, 0.29) is 5.91 Å². The second-order valence-electron chi connectivity index (χ2n) is 5.81. The van der Waals surface area contributed by atoms with Crippen LogP contribution in [0.25, 0.3) is 0 Å². The zero-order valence-electron chi connectivity index (χ0n) is 11.4. The van der Waals surface area contributed by atoms with Gasteiger partial charge in [0.15, 0.2) is 0 Å². The van der Waals surface area contributed by atoms with Crippen LogP contribution in [0, 0.1) is 5.92 Å². The first-order valence-electron chi connectivity index (χ1n) is 7.10. The topological polar surface area (TPSA) is 58.4 Å². The molecule has 2 aliphatic rings. The van der Waals surface area contributed by atoms with E-state index in [1.807, 2.05) is 6.07 Å². The summed E-state index contributed by atoms with van der Waals surface area (Å²) in [5.41, 5.74) is 10.2. The monoisotopic (exact) mass is 259 g/mol. The first-order chi connectivity index (χ1) is 9.13. The Balaban J connectivity index is 1.92. The lowest BCUT2D eigenvalue weighted by atomic mass is 9.97. The molecule has 102 valence electrons. The van der Waals surface area contributed by atoms with Crippen molar-refractivity contribution in [2.75, 3.05) is 29.0 Å². The van der Waals surface area contributed by atoms with Crippen LogP contribution in [0.4, 0.5) is 17.1 Å². The average Bonchev–Trinajstić information content (AvgIpc) is 2.37. The number of nitrogens with two attached hydrogens (primary N) is 1.